The molecule has 36 heavy (non-hydrogen) atoms. The van der Waals surface area contributed by atoms with Gasteiger partial charge >= 0.3 is 5.92 Å². The Morgan fingerprint density at radius 3 is 2.44 bits per heavy atom. The van der Waals surface area contributed by atoms with Gasteiger partial charge < -0.3 is 5.11 Å². The van der Waals surface area contributed by atoms with Crippen molar-refractivity contribution < 1.29 is 27.1 Å². The molecule has 0 aliphatic carbocycles. The molecular weight excluding hydrogens is 503 g/mol. The van der Waals surface area contributed by atoms with Gasteiger partial charge in [-0.3, -0.25) is 4.98 Å². The standard InChI is InChI=1S/C23H15F5N6OS/c24-16-3-5-18(20(26)8-16)22(35,12-34-32-13-31-33-34)23(27,28)21-6-4-17(10-30-21)36-11-15-2-1-14(9-29)7-19(15)25/h1-8,10,13,35H,11-12H2. The third-order valence-corrected chi connectivity index (χ3v) is 6.32. The number of pyridine rings is 1. The fraction of sp³-hybridized carbons (Fsp3) is 0.174. The maximum Gasteiger partial charge on any atom is 0.323 e. The molecule has 2 aromatic heterocycles. The van der Waals surface area contributed by atoms with Crippen molar-refractivity contribution in [1.82, 2.24) is 25.2 Å². The highest BCUT2D eigenvalue weighted by Crippen LogP contribution is 2.46. The Hall–Kier alpha value is -3.89. The van der Waals surface area contributed by atoms with Crippen LogP contribution in [-0.2, 0) is 23.8 Å². The second kappa shape index (κ2) is 10.00. The molecule has 4 aromatic rings. The molecule has 0 aliphatic heterocycles. The quantitative estimate of drug-likeness (QED) is 0.274. The summed E-state index contributed by atoms with van der Waals surface area (Å²) in [4.78, 5) is 4.81. The van der Waals surface area contributed by atoms with E-state index in [0.717, 1.165) is 42.5 Å². The fourth-order valence-electron chi connectivity index (χ4n) is 3.40. The van der Waals surface area contributed by atoms with Crippen molar-refractivity contribution in [3.8, 4) is 6.07 Å². The van der Waals surface area contributed by atoms with Crippen molar-refractivity contribution in [3.05, 3.63) is 101 Å². The zero-order valence-corrected chi connectivity index (χ0v) is 18.9. The minimum Gasteiger partial charge on any atom is -0.377 e. The van der Waals surface area contributed by atoms with Crippen LogP contribution in [0.1, 0.15) is 22.4 Å². The highest BCUT2D eigenvalue weighted by atomic mass is 32.2. The molecule has 0 amide bonds. The summed E-state index contributed by atoms with van der Waals surface area (Å²) in [5, 5.41) is 30.4. The van der Waals surface area contributed by atoms with E-state index in [-0.39, 0.29) is 11.3 Å². The first-order valence-corrected chi connectivity index (χ1v) is 11.2. The third kappa shape index (κ3) is 4.91. The fourth-order valence-corrected chi connectivity index (χ4v) is 4.25. The van der Waals surface area contributed by atoms with Crippen molar-refractivity contribution in [2.45, 2.75) is 28.7 Å². The number of rotatable bonds is 8. The van der Waals surface area contributed by atoms with Crippen molar-refractivity contribution >= 4 is 11.8 Å². The minimum atomic E-state index is -4.19. The number of benzene rings is 2. The van der Waals surface area contributed by atoms with Crippen molar-refractivity contribution in [2.75, 3.05) is 0 Å². The first-order valence-electron chi connectivity index (χ1n) is 10.2. The van der Waals surface area contributed by atoms with Crippen LogP contribution in [0.4, 0.5) is 22.0 Å². The maximum absolute atomic E-state index is 15.7. The number of hydrogen-bond acceptors (Lipinski definition) is 7. The number of nitriles is 1. The minimum absolute atomic E-state index is 0.137. The number of halogens is 5. The molecule has 184 valence electrons. The van der Waals surface area contributed by atoms with E-state index < -0.39 is 46.8 Å². The number of aromatic nitrogens is 5. The first kappa shape index (κ1) is 25.2. The van der Waals surface area contributed by atoms with Gasteiger partial charge in [-0.05, 0) is 47.2 Å². The molecule has 0 aliphatic rings. The summed E-state index contributed by atoms with van der Waals surface area (Å²) in [5.74, 6) is -7.04. The molecule has 0 radical (unpaired) electrons. The lowest BCUT2D eigenvalue weighted by molar-refractivity contribution is -0.209. The molecule has 4 rings (SSSR count). The molecule has 13 heteroatoms. The molecular formula is C23H15F5N6OS. The molecule has 0 saturated heterocycles. The Morgan fingerprint density at radius 2 is 1.83 bits per heavy atom. The van der Waals surface area contributed by atoms with Gasteiger partial charge in [-0.1, -0.05) is 6.07 Å². The van der Waals surface area contributed by atoms with E-state index in [1.807, 2.05) is 6.07 Å². The first-order chi connectivity index (χ1) is 17.1. The molecule has 1 atom stereocenters. The van der Waals surface area contributed by atoms with Gasteiger partial charge in [0.1, 0.15) is 29.7 Å². The number of thioether (sulfide) groups is 1. The molecule has 1 N–H and O–H groups in total. The Bertz CT molecular complexity index is 1410. The second-order valence-electron chi connectivity index (χ2n) is 7.61. The van der Waals surface area contributed by atoms with Gasteiger partial charge in [0.2, 0.25) is 0 Å². The van der Waals surface area contributed by atoms with Gasteiger partial charge in [0.05, 0.1) is 11.6 Å². The number of aliphatic hydroxyl groups is 1. The average Bonchev–Trinajstić information content (AvgIpc) is 3.36. The summed E-state index contributed by atoms with van der Waals surface area (Å²) in [6.45, 7) is -1.02. The Morgan fingerprint density at radius 1 is 1.03 bits per heavy atom. The highest BCUT2D eigenvalue weighted by molar-refractivity contribution is 7.98. The molecule has 2 heterocycles. The van der Waals surface area contributed by atoms with Gasteiger partial charge in [0.25, 0.3) is 0 Å². The van der Waals surface area contributed by atoms with Crippen molar-refractivity contribution in [3.63, 3.8) is 0 Å². The summed E-state index contributed by atoms with van der Waals surface area (Å²) in [7, 11) is 0. The number of tetrazole rings is 1. The lowest BCUT2D eigenvalue weighted by atomic mass is 9.84. The lowest BCUT2D eigenvalue weighted by Gasteiger charge is -2.35. The summed E-state index contributed by atoms with van der Waals surface area (Å²) >= 11 is 1.11. The van der Waals surface area contributed by atoms with E-state index in [0.29, 0.717) is 27.4 Å². The van der Waals surface area contributed by atoms with Crippen LogP contribution < -0.4 is 0 Å². The molecule has 0 bridgehead atoms. The second-order valence-corrected chi connectivity index (χ2v) is 8.66. The number of alkyl halides is 2. The van der Waals surface area contributed by atoms with Gasteiger partial charge in [-0.15, -0.1) is 22.0 Å². The van der Waals surface area contributed by atoms with E-state index in [2.05, 4.69) is 20.4 Å². The van der Waals surface area contributed by atoms with Gasteiger partial charge in [0, 0.05) is 28.5 Å². The normalized spacial score (nSPS) is 13.2. The molecule has 1 unspecified atom stereocenters. The highest BCUT2D eigenvalue weighted by Gasteiger charge is 2.58. The molecule has 0 saturated carbocycles. The smallest absolute Gasteiger partial charge is 0.323 e. The Kier molecular flexibility index (Phi) is 7.00. The van der Waals surface area contributed by atoms with E-state index in [9.17, 15) is 18.3 Å². The Labute approximate surface area is 205 Å². The third-order valence-electron chi connectivity index (χ3n) is 5.29. The predicted octanol–water partition coefficient (Wildman–Crippen LogP) is 4.33. The molecule has 7 nitrogen and oxygen atoms in total. The van der Waals surface area contributed by atoms with Gasteiger partial charge in [-0.2, -0.15) is 18.8 Å². The van der Waals surface area contributed by atoms with Crippen LogP contribution in [0.15, 0.2) is 66.0 Å². The molecule has 0 fully saturated rings. The van der Waals surface area contributed by atoms with Crippen LogP contribution in [0.5, 0.6) is 0 Å². The zero-order chi connectivity index (χ0) is 25.9. The average molecular weight is 518 g/mol. The van der Waals surface area contributed by atoms with Crippen LogP contribution >= 0.6 is 11.8 Å². The van der Waals surface area contributed by atoms with Crippen LogP contribution in [-0.4, -0.2) is 30.3 Å². The van der Waals surface area contributed by atoms with E-state index in [1.54, 1.807) is 0 Å². The summed E-state index contributed by atoms with van der Waals surface area (Å²) in [6, 6.07) is 9.90. The van der Waals surface area contributed by atoms with E-state index >= 15 is 8.78 Å². The van der Waals surface area contributed by atoms with E-state index in [4.69, 9.17) is 5.26 Å². The van der Waals surface area contributed by atoms with Crippen LogP contribution in [0.2, 0.25) is 0 Å². The zero-order valence-electron chi connectivity index (χ0n) is 18.1. The lowest BCUT2D eigenvalue weighted by Crippen LogP contribution is -2.48. The SMILES string of the molecule is N#Cc1ccc(CSc2ccc(C(F)(F)C(O)(Cn3ncnn3)c3ccc(F)cc3F)nc2)c(F)c1. The summed E-state index contributed by atoms with van der Waals surface area (Å²) in [6.07, 6.45) is 2.05. The monoisotopic (exact) mass is 518 g/mol. The van der Waals surface area contributed by atoms with Gasteiger partial charge in [-0.25, -0.2) is 13.2 Å². The maximum atomic E-state index is 15.7. The summed E-state index contributed by atoms with van der Waals surface area (Å²) in [5.41, 5.74) is -4.58. The van der Waals surface area contributed by atoms with Crippen molar-refractivity contribution in [1.29, 1.82) is 5.26 Å². The largest absolute Gasteiger partial charge is 0.377 e. The van der Waals surface area contributed by atoms with Crippen molar-refractivity contribution in [2.24, 2.45) is 0 Å². The molecule has 0 spiro atoms. The Balaban J connectivity index is 1.62. The number of hydrogen-bond donors (Lipinski definition) is 1. The van der Waals surface area contributed by atoms with E-state index in [1.165, 1.54) is 18.2 Å². The van der Waals surface area contributed by atoms with Crippen LogP contribution in [0.3, 0.4) is 0 Å². The number of nitrogens with zero attached hydrogens (tertiary/aromatic N) is 6. The topological polar surface area (TPSA) is 101 Å². The predicted molar refractivity (Wildman–Crippen MR) is 117 cm³/mol. The van der Waals surface area contributed by atoms with Crippen LogP contribution in [0.25, 0.3) is 0 Å². The summed E-state index contributed by atoms with van der Waals surface area (Å²) < 4.78 is 73.5. The van der Waals surface area contributed by atoms with Gasteiger partial charge in [0.15, 0.2) is 11.9 Å². The van der Waals surface area contributed by atoms with Crippen LogP contribution in [0, 0.1) is 28.8 Å². The molecule has 2 aromatic carbocycles.